The van der Waals surface area contributed by atoms with Gasteiger partial charge in [-0.05, 0) is 49.2 Å². The van der Waals surface area contributed by atoms with Gasteiger partial charge in [-0.2, -0.15) is 0 Å². The fourth-order valence-electron chi connectivity index (χ4n) is 2.62. The van der Waals surface area contributed by atoms with E-state index in [2.05, 4.69) is 4.74 Å². The Balaban J connectivity index is 1.78. The molecule has 1 aliphatic carbocycles. The van der Waals surface area contributed by atoms with Crippen molar-refractivity contribution in [1.82, 2.24) is 9.47 Å². The molecule has 0 saturated heterocycles. The number of carbonyl (C=O) groups excluding carboxylic acids is 2. The highest BCUT2D eigenvalue weighted by Gasteiger charge is 2.33. The minimum Gasteiger partial charge on any atom is -0.465 e. The van der Waals surface area contributed by atoms with Crippen molar-refractivity contribution in [3.05, 3.63) is 59.4 Å². The highest BCUT2D eigenvalue weighted by atomic mass is 16.5. The molecule has 5 heteroatoms. The van der Waals surface area contributed by atoms with E-state index in [0.717, 1.165) is 18.5 Å². The molecule has 1 fully saturated rings. The molecule has 23 heavy (non-hydrogen) atoms. The molecule has 1 amide bonds. The second kappa shape index (κ2) is 6.28. The van der Waals surface area contributed by atoms with E-state index in [4.69, 9.17) is 0 Å². The van der Waals surface area contributed by atoms with Crippen LogP contribution in [-0.4, -0.2) is 34.5 Å². The summed E-state index contributed by atoms with van der Waals surface area (Å²) in [6, 6.07) is 11.0. The Morgan fingerprint density at radius 3 is 2.35 bits per heavy atom. The van der Waals surface area contributed by atoms with Gasteiger partial charge in [0.15, 0.2) is 0 Å². The number of amides is 1. The number of carbonyl (C=O) groups is 2. The highest BCUT2D eigenvalue weighted by Crippen LogP contribution is 2.30. The van der Waals surface area contributed by atoms with E-state index < -0.39 is 5.97 Å². The molecule has 5 nitrogen and oxygen atoms in total. The summed E-state index contributed by atoms with van der Waals surface area (Å²) < 4.78 is 6.71. The van der Waals surface area contributed by atoms with Gasteiger partial charge in [0.1, 0.15) is 0 Å². The molecule has 1 aliphatic rings. The summed E-state index contributed by atoms with van der Waals surface area (Å²) in [7, 11) is 3.33. The summed E-state index contributed by atoms with van der Waals surface area (Å²) in [6.07, 6.45) is 4.09. The number of ether oxygens (including phenoxy) is 1. The zero-order chi connectivity index (χ0) is 16.4. The fraction of sp³-hybridized carbons (Fsp3) is 0.333. The van der Waals surface area contributed by atoms with Crippen molar-refractivity contribution in [2.45, 2.75) is 25.4 Å². The second-order valence-electron chi connectivity index (χ2n) is 5.84. The zero-order valence-electron chi connectivity index (χ0n) is 13.4. The van der Waals surface area contributed by atoms with Crippen LogP contribution in [0.5, 0.6) is 0 Å². The van der Waals surface area contributed by atoms with Gasteiger partial charge < -0.3 is 14.2 Å². The van der Waals surface area contributed by atoms with Crippen LogP contribution in [0.1, 0.15) is 39.3 Å². The molecule has 1 heterocycles. The van der Waals surface area contributed by atoms with E-state index in [1.165, 1.54) is 7.11 Å². The molecule has 3 rings (SSSR count). The van der Waals surface area contributed by atoms with Gasteiger partial charge in [0.05, 0.1) is 19.2 Å². The zero-order valence-corrected chi connectivity index (χ0v) is 13.4. The van der Waals surface area contributed by atoms with Crippen molar-refractivity contribution >= 4 is 11.9 Å². The van der Waals surface area contributed by atoms with Gasteiger partial charge in [0.25, 0.3) is 5.91 Å². The molecule has 0 N–H and O–H groups in total. The quantitative estimate of drug-likeness (QED) is 0.798. The SMILES string of the molecule is COC(=O)c1ccc(C(=O)N(Cc2cccn2C)C2CC2)cc1. The lowest BCUT2D eigenvalue weighted by Crippen LogP contribution is -2.33. The topological polar surface area (TPSA) is 51.5 Å². The first-order valence-corrected chi connectivity index (χ1v) is 7.69. The summed E-state index contributed by atoms with van der Waals surface area (Å²) in [5.41, 5.74) is 2.15. The lowest BCUT2D eigenvalue weighted by atomic mass is 10.1. The summed E-state index contributed by atoms with van der Waals surface area (Å²) in [4.78, 5) is 26.2. The van der Waals surface area contributed by atoms with Gasteiger partial charge in [-0.3, -0.25) is 4.79 Å². The Morgan fingerprint density at radius 1 is 1.17 bits per heavy atom. The molecule has 1 aromatic carbocycles. The number of esters is 1. The molecule has 2 aromatic rings. The van der Waals surface area contributed by atoms with Gasteiger partial charge in [0, 0.05) is 30.5 Å². The summed E-state index contributed by atoms with van der Waals surface area (Å²) in [5.74, 6) is -0.392. The van der Waals surface area contributed by atoms with Crippen LogP contribution in [0.4, 0.5) is 0 Å². The first-order valence-electron chi connectivity index (χ1n) is 7.69. The predicted molar refractivity (Wildman–Crippen MR) is 86.1 cm³/mol. The van der Waals surface area contributed by atoms with Crippen molar-refractivity contribution < 1.29 is 14.3 Å². The van der Waals surface area contributed by atoms with Crippen LogP contribution < -0.4 is 0 Å². The van der Waals surface area contributed by atoms with E-state index in [1.807, 2.05) is 34.8 Å². The molecular formula is C18H20N2O3. The Bertz CT molecular complexity index is 714. The Labute approximate surface area is 135 Å². The average molecular weight is 312 g/mol. The van der Waals surface area contributed by atoms with Crippen molar-refractivity contribution in [1.29, 1.82) is 0 Å². The molecule has 0 aliphatic heterocycles. The van der Waals surface area contributed by atoms with Gasteiger partial charge in [-0.1, -0.05) is 0 Å². The minimum atomic E-state index is -0.396. The second-order valence-corrected chi connectivity index (χ2v) is 5.84. The number of aromatic nitrogens is 1. The number of hydrogen-bond acceptors (Lipinski definition) is 3. The molecule has 0 atom stereocenters. The average Bonchev–Trinajstić information content (AvgIpc) is 3.34. The van der Waals surface area contributed by atoms with Crippen LogP contribution in [0.25, 0.3) is 0 Å². The number of nitrogens with zero attached hydrogens (tertiary/aromatic N) is 2. The normalized spacial score (nSPS) is 13.7. The van der Waals surface area contributed by atoms with Gasteiger partial charge in [-0.15, -0.1) is 0 Å². The molecular weight excluding hydrogens is 292 g/mol. The largest absolute Gasteiger partial charge is 0.465 e. The maximum Gasteiger partial charge on any atom is 0.337 e. The van der Waals surface area contributed by atoms with Crippen LogP contribution in [0, 0.1) is 0 Å². The third-order valence-electron chi connectivity index (χ3n) is 4.19. The first kappa shape index (κ1) is 15.3. The lowest BCUT2D eigenvalue weighted by molar-refractivity contribution is 0.0599. The van der Waals surface area contributed by atoms with Crippen LogP contribution in [0.3, 0.4) is 0 Å². The van der Waals surface area contributed by atoms with Crippen molar-refractivity contribution in [2.24, 2.45) is 7.05 Å². The van der Waals surface area contributed by atoms with E-state index in [1.54, 1.807) is 24.3 Å². The summed E-state index contributed by atoms with van der Waals surface area (Å²) in [5, 5.41) is 0. The van der Waals surface area contributed by atoms with Crippen LogP contribution in [0.2, 0.25) is 0 Å². The highest BCUT2D eigenvalue weighted by molar-refractivity contribution is 5.96. The standard InChI is InChI=1S/C18H20N2O3/c1-19-11-3-4-16(19)12-20(15-9-10-15)17(21)13-5-7-14(8-6-13)18(22)23-2/h3-8,11,15H,9-10,12H2,1-2H3. The van der Waals surface area contributed by atoms with Crippen LogP contribution in [0.15, 0.2) is 42.6 Å². The number of benzene rings is 1. The number of aryl methyl sites for hydroxylation is 1. The molecule has 0 bridgehead atoms. The Morgan fingerprint density at radius 2 is 1.83 bits per heavy atom. The molecule has 0 unspecified atom stereocenters. The van der Waals surface area contributed by atoms with Crippen molar-refractivity contribution in [2.75, 3.05) is 7.11 Å². The lowest BCUT2D eigenvalue weighted by Gasteiger charge is -2.23. The third kappa shape index (κ3) is 3.28. The smallest absolute Gasteiger partial charge is 0.337 e. The molecule has 0 spiro atoms. The summed E-state index contributed by atoms with van der Waals surface area (Å²) in [6.45, 7) is 0.603. The first-order chi connectivity index (χ1) is 11.1. The fourth-order valence-corrected chi connectivity index (χ4v) is 2.62. The Kier molecular flexibility index (Phi) is 4.19. The van der Waals surface area contributed by atoms with Gasteiger partial charge in [-0.25, -0.2) is 4.79 Å². The number of hydrogen-bond donors (Lipinski definition) is 0. The van der Waals surface area contributed by atoms with Crippen molar-refractivity contribution in [3.8, 4) is 0 Å². The molecule has 120 valence electrons. The monoisotopic (exact) mass is 312 g/mol. The van der Waals surface area contributed by atoms with E-state index in [0.29, 0.717) is 23.7 Å². The van der Waals surface area contributed by atoms with E-state index >= 15 is 0 Å². The van der Waals surface area contributed by atoms with Gasteiger partial charge >= 0.3 is 5.97 Å². The Hall–Kier alpha value is -2.56. The van der Waals surface area contributed by atoms with Crippen LogP contribution in [-0.2, 0) is 18.3 Å². The summed E-state index contributed by atoms with van der Waals surface area (Å²) >= 11 is 0. The van der Waals surface area contributed by atoms with Crippen LogP contribution >= 0.6 is 0 Å². The minimum absolute atomic E-state index is 0.00474. The maximum absolute atomic E-state index is 12.8. The molecule has 1 aromatic heterocycles. The maximum atomic E-state index is 12.8. The molecule has 1 saturated carbocycles. The van der Waals surface area contributed by atoms with E-state index in [9.17, 15) is 9.59 Å². The number of methoxy groups -OCH3 is 1. The van der Waals surface area contributed by atoms with E-state index in [-0.39, 0.29) is 5.91 Å². The predicted octanol–water partition coefficient (Wildman–Crippen LogP) is 2.62. The van der Waals surface area contributed by atoms with Gasteiger partial charge in [0.2, 0.25) is 0 Å². The molecule has 0 radical (unpaired) electrons. The van der Waals surface area contributed by atoms with Crippen molar-refractivity contribution in [3.63, 3.8) is 0 Å². The third-order valence-corrected chi connectivity index (χ3v) is 4.19. The number of rotatable bonds is 5.